The molecule has 0 aliphatic heterocycles. The summed E-state index contributed by atoms with van der Waals surface area (Å²) < 4.78 is 32.8. The van der Waals surface area contributed by atoms with Crippen LogP contribution in [-0.4, -0.2) is 35.5 Å². The summed E-state index contributed by atoms with van der Waals surface area (Å²) in [6.07, 6.45) is 2.62. The average molecular weight is 494 g/mol. The molecule has 0 aliphatic carbocycles. The summed E-state index contributed by atoms with van der Waals surface area (Å²) in [4.78, 5) is 15.8. The van der Waals surface area contributed by atoms with E-state index >= 15 is 0 Å². The van der Waals surface area contributed by atoms with Gasteiger partial charge in [-0.2, -0.15) is 0 Å². The molecule has 2 N–H and O–H groups in total. The lowest BCUT2D eigenvalue weighted by Crippen LogP contribution is -2.09. The minimum Gasteiger partial charge on any atom is -0.449 e. The molecule has 4 rings (SSSR count). The number of para-hydroxylation sites is 1. The van der Waals surface area contributed by atoms with Gasteiger partial charge in [-0.1, -0.05) is 55.8 Å². The molecule has 0 unspecified atom stereocenters. The van der Waals surface area contributed by atoms with Gasteiger partial charge in [-0.05, 0) is 41.8 Å². The summed E-state index contributed by atoms with van der Waals surface area (Å²) in [7, 11) is -3.37. The molecule has 3 aromatic carbocycles. The Hall–Kier alpha value is -3.85. The molecule has 1 heterocycles. The molecule has 8 nitrogen and oxygen atoms in total. The predicted octanol–water partition coefficient (Wildman–Crippen LogP) is 5.52. The van der Waals surface area contributed by atoms with Crippen LogP contribution in [0.1, 0.15) is 31.2 Å². The fraction of sp³-hybridized carbons (Fsp3) is 0.231. The Kier molecular flexibility index (Phi) is 7.07. The maximum atomic E-state index is 11.6. The first-order valence-electron chi connectivity index (χ1n) is 11.3. The third-order valence-corrected chi connectivity index (χ3v) is 6.18. The number of nitrogens with one attached hydrogen (secondary N) is 1. The van der Waals surface area contributed by atoms with E-state index < -0.39 is 16.2 Å². The maximum absolute atomic E-state index is 11.6. The zero-order valence-electron chi connectivity index (χ0n) is 19.6. The molecule has 9 heteroatoms. The van der Waals surface area contributed by atoms with E-state index in [9.17, 15) is 13.2 Å². The maximum Gasteiger partial charge on any atom is 0.511 e. The first kappa shape index (κ1) is 24.3. The number of nitrogens with zero attached hydrogens (tertiary/aromatic N) is 2. The predicted molar refractivity (Wildman–Crippen MR) is 136 cm³/mol. The Morgan fingerprint density at radius 2 is 1.83 bits per heavy atom. The van der Waals surface area contributed by atoms with Crippen LogP contribution in [0.2, 0.25) is 0 Å². The quantitative estimate of drug-likeness (QED) is 0.235. The Morgan fingerprint density at radius 1 is 1.09 bits per heavy atom. The number of benzene rings is 3. The smallest absolute Gasteiger partial charge is 0.449 e. The monoisotopic (exact) mass is 493 g/mol. The standard InChI is InChI=1S/C26H27N3O5S/c1-3-4-9-25-27-22-16-20(28-35(2,32)33)14-15-23(22)29(25)17-18-10-12-19(13-11-18)21-7-5-6-8-24(21)34-26(30)31/h5-8,10-16,28H,3-4,9,17H2,1-2H3,(H,30,31). The van der Waals surface area contributed by atoms with Crippen molar-refractivity contribution in [3.63, 3.8) is 0 Å². The van der Waals surface area contributed by atoms with Crippen molar-refractivity contribution in [3.05, 3.63) is 78.1 Å². The first-order chi connectivity index (χ1) is 16.7. The van der Waals surface area contributed by atoms with E-state index in [1.165, 1.54) is 0 Å². The lowest BCUT2D eigenvalue weighted by atomic mass is 10.0. The van der Waals surface area contributed by atoms with Gasteiger partial charge in [0.2, 0.25) is 10.0 Å². The molecular formula is C26H27N3O5S. The summed E-state index contributed by atoms with van der Waals surface area (Å²) in [5.41, 5.74) is 4.76. The number of ether oxygens (including phenoxy) is 1. The highest BCUT2D eigenvalue weighted by atomic mass is 32.2. The molecule has 0 saturated carbocycles. The second kappa shape index (κ2) is 10.2. The van der Waals surface area contributed by atoms with Crippen LogP contribution >= 0.6 is 0 Å². The molecule has 0 saturated heterocycles. The summed E-state index contributed by atoms with van der Waals surface area (Å²) in [6.45, 7) is 2.73. The minimum atomic E-state index is -3.37. The molecule has 0 radical (unpaired) electrons. The number of aromatic nitrogens is 2. The number of hydrogen-bond donors (Lipinski definition) is 2. The fourth-order valence-corrected chi connectivity index (χ4v) is 4.58. The number of hydrogen-bond acceptors (Lipinski definition) is 5. The Bertz CT molecular complexity index is 1460. The summed E-state index contributed by atoms with van der Waals surface area (Å²) in [6, 6.07) is 20.3. The van der Waals surface area contributed by atoms with Gasteiger partial charge in [0.15, 0.2) is 0 Å². The van der Waals surface area contributed by atoms with E-state index in [0.29, 0.717) is 17.8 Å². The van der Waals surface area contributed by atoms with Crippen molar-refractivity contribution in [2.24, 2.45) is 0 Å². The third-order valence-electron chi connectivity index (χ3n) is 5.57. The number of carbonyl (C=O) groups is 1. The second-order valence-electron chi connectivity index (χ2n) is 8.36. The van der Waals surface area contributed by atoms with Crippen LogP contribution in [0.5, 0.6) is 5.75 Å². The van der Waals surface area contributed by atoms with Crippen LogP contribution in [-0.2, 0) is 23.0 Å². The van der Waals surface area contributed by atoms with E-state index in [0.717, 1.165) is 53.5 Å². The van der Waals surface area contributed by atoms with Gasteiger partial charge < -0.3 is 14.4 Å². The van der Waals surface area contributed by atoms with E-state index in [2.05, 4.69) is 16.2 Å². The van der Waals surface area contributed by atoms with Crippen molar-refractivity contribution in [2.75, 3.05) is 11.0 Å². The number of fused-ring (bicyclic) bond motifs is 1. The molecule has 0 atom stereocenters. The highest BCUT2D eigenvalue weighted by molar-refractivity contribution is 7.92. The molecule has 0 amide bonds. The van der Waals surface area contributed by atoms with Crippen molar-refractivity contribution in [1.29, 1.82) is 0 Å². The Balaban J connectivity index is 1.65. The van der Waals surface area contributed by atoms with Crippen molar-refractivity contribution >= 4 is 32.9 Å². The highest BCUT2D eigenvalue weighted by Crippen LogP contribution is 2.30. The van der Waals surface area contributed by atoms with Gasteiger partial charge in [0.05, 0.1) is 23.0 Å². The van der Waals surface area contributed by atoms with Gasteiger partial charge in [-0.3, -0.25) is 4.72 Å². The van der Waals surface area contributed by atoms with Gasteiger partial charge in [-0.25, -0.2) is 18.2 Å². The molecule has 0 fully saturated rings. The van der Waals surface area contributed by atoms with E-state index in [4.69, 9.17) is 14.8 Å². The van der Waals surface area contributed by atoms with Crippen LogP contribution in [0, 0.1) is 0 Å². The minimum absolute atomic E-state index is 0.286. The number of unbranched alkanes of at least 4 members (excludes halogenated alkanes) is 1. The van der Waals surface area contributed by atoms with Crippen LogP contribution in [0.15, 0.2) is 66.7 Å². The molecule has 0 bridgehead atoms. The topological polar surface area (TPSA) is 111 Å². The van der Waals surface area contributed by atoms with Crippen LogP contribution < -0.4 is 9.46 Å². The lowest BCUT2D eigenvalue weighted by Gasteiger charge is -2.12. The molecule has 0 spiro atoms. The van der Waals surface area contributed by atoms with Crippen LogP contribution in [0.4, 0.5) is 10.5 Å². The zero-order valence-corrected chi connectivity index (χ0v) is 20.4. The van der Waals surface area contributed by atoms with Gasteiger partial charge in [0.1, 0.15) is 11.6 Å². The molecule has 182 valence electrons. The third kappa shape index (κ3) is 5.99. The molecule has 4 aromatic rings. The van der Waals surface area contributed by atoms with Gasteiger partial charge in [0.25, 0.3) is 0 Å². The van der Waals surface area contributed by atoms with Crippen molar-refractivity contribution < 1.29 is 23.1 Å². The SMILES string of the molecule is CCCCc1nc2cc(NS(C)(=O)=O)ccc2n1Cc1ccc(-c2ccccc2OC(=O)O)cc1. The second-order valence-corrected chi connectivity index (χ2v) is 10.1. The van der Waals surface area contributed by atoms with Gasteiger partial charge in [0, 0.05) is 18.5 Å². The molecule has 35 heavy (non-hydrogen) atoms. The first-order valence-corrected chi connectivity index (χ1v) is 13.2. The van der Waals surface area contributed by atoms with E-state index in [1.54, 1.807) is 24.3 Å². The van der Waals surface area contributed by atoms with E-state index in [1.807, 2.05) is 42.5 Å². The summed E-state index contributed by atoms with van der Waals surface area (Å²) in [5.74, 6) is 1.23. The Labute approximate surface area is 204 Å². The number of carboxylic acid groups (broad SMARTS) is 1. The van der Waals surface area contributed by atoms with Crippen LogP contribution in [0.25, 0.3) is 22.2 Å². The number of aryl methyl sites for hydroxylation is 1. The highest BCUT2D eigenvalue weighted by Gasteiger charge is 2.14. The zero-order chi connectivity index (χ0) is 25.0. The number of rotatable bonds is 9. The average Bonchev–Trinajstić information content (AvgIpc) is 3.13. The van der Waals surface area contributed by atoms with Crippen molar-refractivity contribution in [1.82, 2.24) is 9.55 Å². The van der Waals surface area contributed by atoms with Crippen molar-refractivity contribution in [2.45, 2.75) is 32.7 Å². The number of sulfonamides is 1. The normalized spacial score (nSPS) is 11.5. The molecule has 1 aromatic heterocycles. The summed E-state index contributed by atoms with van der Waals surface area (Å²) in [5, 5.41) is 9.01. The fourth-order valence-electron chi connectivity index (χ4n) is 4.02. The van der Waals surface area contributed by atoms with Crippen molar-refractivity contribution in [3.8, 4) is 16.9 Å². The van der Waals surface area contributed by atoms with Gasteiger partial charge in [-0.15, -0.1) is 0 Å². The summed E-state index contributed by atoms with van der Waals surface area (Å²) >= 11 is 0. The number of imidazole rings is 1. The number of anilines is 1. The lowest BCUT2D eigenvalue weighted by molar-refractivity contribution is 0.144. The molecular weight excluding hydrogens is 466 g/mol. The molecule has 0 aliphatic rings. The van der Waals surface area contributed by atoms with E-state index in [-0.39, 0.29) is 5.75 Å². The largest absolute Gasteiger partial charge is 0.511 e. The van der Waals surface area contributed by atoms with Crippen LogP contribution in [0.3, 0.4) is 0 Å². The van der Waals surface area contributed by atoms with Gasteiger partial charge >= 0.3 is 6.16 Å². The Morgan fingerprint density at radius 3 is 2.51 bits per heavy atom.